The molecule has 0 bridgehead atoms. The second kappa shape index (κ2) is 9.13. The SMILES string of the molecule is CCCCCCCCC(N)Cc1ccn(C(C)C)n1. The summed E-state index contributed by atoms with van der Waals surface area (Å²) in [6.07, 6.45) is 12.1. The van der Waals surface area contributed by atoms with Gasteiger partial charge in [-0.2, -0.15) is 5.10 Å². The molecule has 1 heterocycles. The maximum absolute atomic E-state index is 6.18. The molecule has 1 aromatic rings. The lowest BCUT2D eigenvalue weighted by Gasteiger charge is -2.10. The van der Waals surface area contributed by atoms with Crippen LogP contribution < -0.4 is 5.73 Å². The Morgan fingerprint density at radius 3 is 2.47 bits per heavy atom. The topological polar surface area (TPSA) is 43.8 Å². The van der Waals surface area contributed by atoms with E-state index in [9.17, 15) is 0 Å². The van der Waals surface area contributed by atoms with Gasteiger partial charge in [-0.05, 0) is 26.3 Å². The van der Waals surface area contributed by atoms with Crippen molar-refractivity contribution < 1.29 is 0 Å². The van der Waals surface area contributed by atoms with Gasteiger partial charge in [0, 0.05) is 24.7 Å². The van der Waals surface area contributed by atoms with Crippen LogP contribution in [0.15, 0.2) is 12.3 Å². The molecule has 110 valence electrons. The number of aromatic nitrogens is 2. The summed E-state index contributed by atoms with van der Waals surface area (Å²) in [5.74, 6) is 0. The third-order valence-corrected chi connectivity index (χ3v) is 3.59. The van der Waals surface area contributed by atoms with Crippen molar-refractivity contribution in [1.82, 2.24) is 9.78 Å². The van der Waals surface area contributed by atoms with Crippen molar-refractivity contribution in [2.45, 2.75) is 84.2 Å². The number of unbranched alkanes of at least 4 members (excludes halogenated alkanes) is 5. The van der Waals surface area contributed by atoms with Crippen molar-refractivity contribution in [3.8, 4) is 0 Å². The quantitative estimate of drug-likeness (QED) is 0.648. The summed E-state index contributed by atoms with van der Waals surface area (Å²) in [6.45, 7) is 6.55. The standard InChI is InChI=1S/C16H31N3/c1-4-5-6-7-8-9-10-15(17)13-16-11-12-19(18-16)14(2)3/h11-12,14-15H,4-10,13,17H2,1-3H3. The van der Waals surface area contributed by atoms with Crippen LogP contribution >= 0.6 is 0 Å². The number of nitrogens with two attached hydrogens (primary N) is 1. The third-order valence-electron chi connectivity index (χ3n) is 3.59. The Bertz CT molecular complexity index is 330. The van der Waals surface area contributed by atoms with Crippen molar-refractivity contribution in [3.05, 3.63) is 18.0 Å². The highest BCUT2D eigenvalue weighted by molar-refractivity contribution is 5.01. The number of nitrogens with zero attached hydrogens (tertiary/aromatic N) is 2. The van der Waals surface area contributed by atoms with Crippen molar-refractivity contribution in [2.24, 2.45) is 5.73 Å². The monoisotopic (exact) mass is 265 g/mol. The molecule has 1 rings (SSSR count). The first-order valence-corrected chi connectivity index (χ1v) is 7.93. The Balaban J connectivity index is 2.14. The maximum atomic E-state index is 6.18. The van der Waals surface area contributed by atoms with E-state index in [1.165, 1.54) is 38.5 Å². The third kappa shape index (κ3) is 6.76. The predicted octanol–water partition coefficient (Wildman–Crippen LogP) is 4.08. The molecule has 0 aliphatic carbocycles. The van der Waals surface area contributed by atoms with E-state index in [-0.39, 0.29) is 6.04 Å². The minimum Gasteiger partial charge on any atom is -0.327 e. The molecule has 1 unspecified atom stereocenters. The Labute approximate surface area is 118 Å². The van der Waals surface area contributed by atoms with Gasteiger partial charge in [0.1, 0.15) is 0 Å². The largest absolute Gasteiger partial charge is 0.327 e. The van der Waals surface area contributed by atoms with Gasteiger partial charge in [-0.1, -0.05) is 45.4 Å². The number of rotatable bonds is 10. The molecular weight excluding hydrogens is 234 g/mol. The zero-order valence-corrected chi connectivity index (χ0v) is 12.9. The van der Waals surface area contributed by atoms with Crippen LogP contribution in [0.25, 0.3) is 0 Å². The average molecular weight is 265 g/mol. The van der Waals surface area contributed by atoms with Gasteiger partial charge in [0.05, 0.1) is 5.69 Å². The molecule has 3 nitrogen and oxygen atoms in total. The average Bonchev–Trinajstić information content (AvgIpc) is 2.82. The summed E-state index contributed by atoms with van der Waals surface area (Å²) >= 11 is 0. The molecule has 0 saturated heterocycles. The summed E-state index contributed by atoms with van der Waals surface area (Å²) in [5, 5.41) is 4.56. The molecule has 3 heteroatoms. The molecule has 1 aromatic heterocycles. The molecule has 19 heavy (non-hydrogen) atoms. The molecule has 0 amide bonds. The van der Waals surface area contributed by atoms with E-state index in [4.69, 9.17) is 5.73 Å². The molecule has 0 radical (unpaired) electrons. The highest BCUT2D eigenvalue weighted by atomic mass is 15.3. The van der Waals surface area contributed by atoms with Crippen LogP contribution in [0.2, 0.25) is 0 Å². The van der Waals surface area contributed by atoms with E-state index in [2.05, 4.69) is 38.1 Å². The van der Waals surface area contributed by atoms with Gasteiger partial charge in [0.25, 0.3) is 0 Å². The lowest BCUT2D eigenvalue weighted by Crippen LogP contribution is -2.23. The first-order chi connectivity index (χ1) is 9.13. The lowest BCUT2D eigenvalue weighted by molar-refractivity contribution is 0.506. The Kier molecular flexibility index (Phi) is 7.80. The summed E-state index contributed by atoms with van der Waals surface area (Å²) < 4.78 is 2.01. The summed E-state index contributed by atoms with van der Waals surface area (Å²) in [4.78, 5) is 0. The zero-order chi connectivity index (χ0) is 14.1. The van der Waals surface area contributed by atoms with Crippen LogP contribution in [0.1, 0.15) is 77.5 Å². The van der Waals surface area contributed by atoms with E-state index in [0.717, 1.165) is 18.5 Å². The van der Waals surface area contributed by atoms with Gasteiger partial charge >= 0.3 is 0 Å². The van der Waals surface area contributed by atoms with Crippen molar-refractivity contribution in [2.75, 3.05) is 0 Å². The van der Waals surface area contributed by atoms with E-state index in [1.54, 1.807) is 0 Å². The van der Waals surface area contributed by atoms with Gasteiger partial charge in [-0.3, -0.25) is 4.68 Å². The Hall–Kier alpha value is -0.830. The van der Waals surface area contributed by atoms with Gasteiger partial charge in [0.15, 0.2) is 0 Å². The van der Waals surface area contributed by atoms with E-state index < -0.39 is 0 Å². The smallest absolute Gasteiger partial charge is 0.0640 e. The zero-order valence-electron chi connectivity index (χ0n) is 12.9. The number of hydrogen-bond acceptors (Lipinski definition) is 2. The van der Waals surface area contributed by atoms with Crippen molar-refractivity contribution in [3.63, 3.8) is 0 Å². The minimum absolute atomic E-state index is 0.265. The van der Waals surface area contributed by atoms with Gasteiger partial charge in [0.2, 0.25) is 0 Å². The maximum Gasteiger partial charge on any atom is 0.0640 e. The van der Waals surface area contributed by atoms with Crippen molar-refractivity contribution >= 4 is 0 Å². The van der Waals surface area contributed by atoms with Crippen molar-refractivity contribution in [1.29, 1.82) is 0 Å². The van der Waals surface area contributed by atoms with Gasteiger partial charge in [-0.15, -0.1) is 0 Å². The second-order valence-corrected chi connectivity index (χ2v) is 5.90. The summed E-state index contributed by atoms with van der Waals surface area (Å²) in [7, 11) is 0. The van der Waals surface area contributed by atoms with E-state index in [1.807, 2.05) is 4.68 Å². The molecule has 1 atom stereocenters. The molecule has 0 spiro atoms. The fraction of sp³-hybridized carbons (Fsp3) is 0.812. The molecule has 0 aromatic carbocycles. The van der Waals surface area contributed by atoms with E-state index >= 15 is 0 Å². The predicted molar refractivity (Wildman–Crippen MR) is 82.3 cm³/mol. The van der Waals surface area contributed by atoms with Crippen LogP contribution in [-0.2, 0) is 6.42 Å². The van der Waals surface area contributed by atoms with Crippen LogP contribution in [0.4, 0.5) is 0 Å². The lowest BCUT2D eigenvalue weighted by atomic mass is 10.0. The molecule has 0 fully saturated rings. The highest BCUT2D eigenvalue weighted by Crippen LogP contribution is 2.11. The normalized spacial score (nSPS) is 13.1. The molecule has 0 aliphatic heterocycles. The molecule has 0 aliphatic rings. The minimum atomic E-state index is 0.265. The Morgan fingerprint density at radius 1 is 1.16 bits per heavy atom. The molecule has 2 N–H and O–H groups in total. The van der Waals surface area contributed by atoms with Crippen LogP contribution in [0.3, 0.4) is 0 Å². The van der Waals surface area contributed by atoms with Crippen LogP contribution in [0.5, 0.6) is 0 Å². The van der Waals surface area contributed by atoms with Gasteiger partial charge in [-0.25, -0.2) is 0 Å². The molecule has 0 saturated carbocycles. The van der Waals surface area contributed by atoms with Crippen LogP contribution in [-0.4, -0.2) is 15.8 Å². The summed E-state index contributed by atoms with van der Waals surface area (Å²) in [6, 6.07) is 2.80. The summed E-state index contributed by atoms with van der Waals surface area (Å²) in [5.41, 5.74) is 7.31. The second-order valence-electron chi connectivity index (χ2n) is 5.90. The fourth-order valence-corrected chi connectivity index (χ4v) is 2.33. The fourth-order valence-electron chi connectivity index (χ4n) is 2.33. The van der Waals surface area contributed by atoms with Crippen LogP contribution in [0, 0.1) is 0 Å². The molecular formula is C16H31N3. The Morgan fingerprint density at radius 2 is 1.84 bits per heavy atom. The van der Waals surface area contributed by atoms with Gasteiger partial charge < -0.3 is 5.73 Å². The highest BCUT2D eigenvalue weighted by Gasteiger charge is 2.07. The number of hydrogen-bond donors (Lipinski definition) is 1. The first-order valence-electron chi connectivity index (χ1n) is 7.93. The first kappa shape index (κ1) is 16.2. The van der Waals surface area contributed by atoms with E-state index in [0.29, 0.717) is 6.04 Å².